The van der Waals surface area contributed by atoms with Crippen LogP contribution in [0.25, 0.3) is 5.52 Å². The maximum atomic E-state index is 15.4. The van der Waals surface area contributed by atoms with Gasteiger partial charge >= 0.3 is 0 Å². The van der Waals surface area contributed by atoms with Crippen LogP contribution in [0.1, 0.15) is 40.2 Å². The number of carbonyl (C=O) groups excluding carboxylic acids is 2. The van der Waals surface area contributed by atoms with E-state index in [1.54, 1.807) is 23.7 Å². The van der Waals surface area contributed by atoms with E-state index < -0.39 is 17.7 Å². The summed E-state index contributed by atoms with van der Waals surface area (Å²) in [6.07, 6.45) is 1.68. The Bertz CT molecular complexity index is 1310. The van der Waals surface area contributed by atoms with Crippen molar-refractivity contribution < 1.29 is 18.4 Å². The van der Waals surface area contributed by atoms with E-state index in [9.17, 15) is 14.0 Å². The summed E-state index contributed by atoms with van der Waals surface area (Å²) >= 11 is 0. The van der Waals surface area contributed by atoms with E-state index in [-0.39, 0.29) is 23.2 Å². The molecule has 2 aliphatic heterocycles. The first kappa shape index (κ1) is 22.2. The van der Waals surface area contributed by atoms with Gasteiger partial charge in [-0.15, -0.1) is 0 Å². The van der Waals surface area contributed by atoms with Crippen LogP contribution in [-0.4, -0.2) is 64.5 Å². The molecular formula is C23H25F2N7O2. The lowest BCUT2D eigenvalue weighted by Gasteiger charge is -2.36. The van der Waals surface area contributed by atoms with Gasteiger partial charge in [0.2, 0.25) is 11.9 Å². The van der Waals surface area contributed by atoms with E-state index in [2.05, 4.69) is 25.6 Å². The third kappa shape index (κ3) is 3.56. The highest BCUT2D eigenvalue weighted by Gasteiger charge is 2.32. The molecule has 11 heteroatoms. The van der Waals surface area contributed by atoms with Crippen LogP contribution in [0.15, 0.2) is 18.3 Å². The number of nitrogens with zero attached hydrogens (tertiary/aromatic N) is 5. The number of aryl methyl sites for hydroxylation is 1. The summed E-state index contributed by atoms with van der Waals surface area (Å²) in [6, 6.07) is 3.05. The van der Waals surface area contributed by atoms with Crippen LogP contribution < -0.4 is 15.5 Å². The molecule has 2 N–H and O–H groups in total. The molecule has 0 radical (unpaired) electrons. The number of pyridine rings is 2. The molecule has 0 spiro atoms. The van der Waals surface area contributed by atoms with E-state index in [0.29, 0.717) is 55.2 Å². The first-order valence-electron chi connectivity index (χ1n) is 11.2. The Morgan fingerprint density at radius 2 is 1.97 bits per heavy atom. The summed E-state index contributed by atoms with van der Waals surface area (Å²) < 4.78 is 31.6. The minimum atomic E-state index is -0.694. The third-order valence-electron chi connectivity index (χ3n) is 6.62. The second-order valence-electron chi connectivity index (χ2n) is 8.70. The van der Waals surface area contributed by atoms with Gasteiger partial charge in [-0.1, -0.05) is 0 Å². The molecule has 0 saturated carbocycles. The van der Waals surface area contributed by atoms with Crippen LogP contribution in [0.3, 0.4) is 0 Å². The fourth-order valence-electron chi connectivity index (χ4n) is 4.78. The molecule has 0 bridgehead atoms. The van der Waals surface area contributed by atoms with Gasteiger partial charge in [-0.3, -0.25) is 14.5 Å². The Labute approximate surface area is 194 Å². The topological polar surface area (TPSA) is 94.9 Å². The van der Waals surface area contributed by atoms with Crippen LogP contribution in [0.5, 0.6) is 0 Å². The number of aromatic nitrogens is 3. The van der Waals surface area contributed by atoms with Crippen molar-refractivity contribution in [3.8, 4) is 0 Å². The number of anilines is 2. The number of piperazine rings is 1. The fraction of sp³-hybridized carbons (Fsp3) is 0.391. The molecule has 1 fully saturated rings. The minimum absolute atomic E-state index is 0.0238. The van der Waals surface area contributed by atoms with Crippen LogP contribution in [0.2, 0.25) is 0 Å². The van der Waals surface area contributed by atoms with Gasteiger partial charge in [0.1, 0.15) is 11.4 Å². The first-order valence-corrected chi connectivity index (χ1v) is 11.2. The third-order valence-corrected chi connectivity index (χ3v) is 6.62. The van der Waals surface area contributed by atoms with E-state index in [1.807, 2.05) is 11.8 Å². The molecule has 2 aliphatic rings. The molecule has 178 valence electrons. The lowest BCUT2D eigenvalue weighted by molar-refractivity contribution is -0.117. The normalized spacial score (nSPS) is 18.3. The molecule has 0 aromatic carbocycles. The largest absolute Gasteiger partial charge is 0.365 e. The molecule has 0 aliphatic carbocycles. The quantitative estimate of drug-likeness (QED) is 0.568. The zero-order chi connectivity index (χ0) is 24.1. The number of nitrogens with one attached hydrogen (secondary N) is 2. The molecule has 3 aromatic heterocycles. The number of amides is 2. The molecule has 5 rings (SSSR count). The molecule has 1 atom stereocenters. The maximum Gasteiger partial charge on any atom is 0.269 e. The zero-order valence-corrected chi connectivity index (χ0v) is 19.2. The van der Waals surface area contributed by atoms with Gasteiger partial charge in [0.25, 0.3) is 5.91 Å². The summed E-state index contributed by atoms with van der Waals surface area (Å²) in [5.74, 6) is -2.22. The van der Waals surface area contributed by atoms with Gasteiger partial charge in [-0.2, -0.15) is 9.49 Å². The Balaban J connectivity index is 1.33. The molecule has 1 saturated heterocycles. The zero-order valence-electron chi connectivity index (χ0n) is 19.2. The van der Waals surface area contributed by atoms with Crippen molar-refractivity contribution in [2.24, 2.45) is 0 Å². The highest BCUT2D eigenvalue weighted by Crippen LogP contribution is 2.37. The van der Waals surface area contributed by atoms with Crippen LogP contribution in [0, 0.1) is 18.7 Å². The van der Waals surface area contributed by atoms with Crippen LogP contribution in [-0.2, 0) is 11.3 Å². The summed E-state index contributed by atoms with van der Waals surface area (Å²) in [7, 11) is 1.46. The average molecular weight is 469 g/mol. The summed E-state index contributed by atoms with van der Waals surface area (Å²) in [5.41, 5.74) is 3.06. The van der Waals surface area contributed by atoms with Gasteiger partial charge in [0.05, 0.1) is 22.8 Å². The van der Waals surface area contributed by atoms with Crippen molar-refractivity contribution in [3.63, 3.8) is 0 Å². The molecule has 2 amide bonds. The first-order chi connectivity index (χ1) is 16.3. The number of rotatable bonds is 4. The molecule has 34 heavy (non-hydrogen) atoms. The second kappa shape index (κ2) is 8.32. The van der Waals surface area contributed by atoms with Gasteiger partial charge < -0.3 is 15.5 Å². The number of hydrogen-bond donors (Lipinski definition) is 2. The van der Waals surface area contributed by atoms with E-state index in [1.165, 1.54) is 13.1 Å². The Morgan fingerprint density at radius 3 is 2.65 bits per heavy atom. The van der Waals surface area contributed by atoms with Crippen LogP contribution in [0.4, 0.5) is 20.2 Å². The van der Waals surface area contributed by atoms with Crippen molar-refractivity contribution in [1.82, 2.24) is 24.8 Å². The second-order valence-corrected chi connectivity index (χ2v) is 8.70. The highest BCUT2D eigenvalue weighted by atomic mass is 19.1. The molecule has 9 nitrogen and oxygen atoms in total. The van der Waals surface area contributed by atoms with E-state index in [4.69, 9.17) is 0 Å². The summed E-state index contributed by atoms with van der Waals surface area (Å²) in [5, 5.41) is 9.64. The lowest BCUT2D eigenvalue weighted by Crippen LogP contribution is -2.46. The molecular weight excluding hydrogens is 444 g/mol. The molecule has 5 heterocycles. The summed E-state index contributed by atoms with van der Waals surface area (Å²) in [6.45, 7) is 6.15. The SMILES string of the molecule is CNC(=O)c1ccc(N2CCN(Cc3cn4nc(C)c5c4c(c3F)NC(=O)[C@@H]5C)CC2)c(F)n1. The van der Waals surface area contributed by atoms with Crippen molar-refractivity contribution in [3.05, 3.63) is 52.6 Å². The van der Waals surface area contributed by atoms with Gasteiger partial charge in [-0.05, 0) is 26.0 Å². The average Bonchev–Trinajstić information content (AvgIpc) is 3.16. The Morgan fingerprint density at radius 1 is 1.24 bits per heavy atom. The van der Waals surface area contributed by atoms with Gasteiger partial charge in [-0.25, -0.2) is 13.9 Å². The molecule has 3 aromatic rings. The smallest absolute Gasteiger partial charge is 0.269 e. The predicted molar refractivity (Wildman–Crippen MR) is 122 cm³/mol. The highest BCUT2D eigenvalue weighted by molar-refractivity contribution is 6.05. The fourth-order valence-corrected chi connectivity index (χ4v) is 4.78. The monoisotopic (exact) mass is 469 g/mol. The lowest BCUT2D eigenvalue weighted by atomic mass is 9.94. The number of halogens is 2. The predicted octanol–water partition coefficient (Wildman–Crippen LogP) is 2.05. The van der Waals surface area contributed by atoms with E-state index in [0.717, 1.165) is 5.56 Å². The summed E-state index contributed by atoms with van der Waals surface area (Å²) in [4.78, 5) is 31.7. The molecule has 0 unspecified atom stereocenters. The van der Waals surface area contributed by atoms with Crippen molar-refractivity contribution in [2.45, 2.75) is 26.3 Å². The standard InChI is InChI=1S/C23H25F2N7O2/c1-12-17-13(2)29-32-11-14(18(24)19(20(17)32)28-22(12)33)10-30-6-8-31(9-7-30)16-5-4-15(23(34)26-3)27-21(16)25/h4-5,11-12H,6-10H2,1-3H3,(H,26,34)(H,28,33)/t12-/m1/s1. The van der Waals surface area contributed by atoms with Crippen LogP contribution >= 0.6 is 0 Å². The number of carbonyl (C=O) groups is 2. The minimum Gasteiger partial charge on any atom is -0.365 e. The van der Waals surface area contributed by atoms with E-state index >= 15 is 4.39 Å². The van der Waals surface area contributed by atoms with Gasteiger partial charge in [0, 0.05) is 57.1 Å². The van der Waals surface area contributed by atoms with Crippen molar-refractivity contribution in [2.75, 3.05) is 43.4 Å². The van der Waals surface area contributed by atoms with Crippen molar-refractivity contribution >= 4 is 28.7 Å². The Kier molecular flexibility index (Phi) is 5.43. The maximum absolute atomic E-state index is 15.4. The Hall–Kier alpha value is -3.60. The number of hydrogen-bond acceptors (Lipinski definition) is 6. The van der Waals surface area contributed by atoms with Gasteiger partial charge in [0.15, 0.2) is 5.82 Å². The van der Waals surface area contributed by atoms with Crippen molar-refractivity contribution in [1.29, 1.82) is 0 Å².